The first kappa shape index (κ1) is 15.0. The van der Waals surface area contributed by atoms with E-state index < -0.39 is 0 Å². The minimum atomic E-state index is 1.00. The van der Waals surface area contributed by atoms with Crippen LogP contribution in [0.5, 0.6) is 0 Å². The normalized spacial score (nSPS) is 8.62. The Morgan fingerprint density at radius 1 is 1.15 bits per heavy atom. The first-order chi connectivity index (χ1) is 6.31. The highest BCUT2D eigenvalue weighted by Gasteiger charge is 1.89. The monoisotopic (exact) mass is 187 g/mol. The van der Waals surface area contributed by atoms with Crippen molar-refractivity contribution in [1.29, 1.82) is 0 Å². The van der Waals surface area contributed by atoms with Crippen molar-refractivity contribution in [2.45, 2.75) is 46.0 Å². The molecule has 0 spiro atoms. The fourth-order valence-corrected chi connectivity index (χ4v) is 1.03. The van der Waals surface area contributed by atoms with E-state index >= 15 is 0 Å². The highest BCUT2D eigenvalue weighted by Crippen LogP contribution is 1.98. The summed E-state index contributed by atoms with van der Waals surface area (Å²) in [5.41, 5.74) is 1.20. The molecule has 2 N–H and O–H groups in total. The highest BCUT2D eigenvalue weighted by atomic mass is 16.2. The van der Waals surface area contributed by atoms with E-state index in [1.54, 1.807) is 0 Å². The molecule has 0 unspecified atom stereocenters. The molecule has 2 heteroatoms. The number of rotatable bonds is 7. The Morgan fingerprint density at radius 2 is 1.77 bits per heavy atom. The molecule has 13 heavy (non-hydrogen) atoms. The van der Waals surface area contributed by atoms with Crippen LogP contribution in [0.2, 0.25) is 0 Å². The van der Waals surface area contributed by atoms with Crippen LogP contribution in [0, 0.1) is 0 Å². The van der Waals surface area contributed by atoms with Crippen molar-refractivity contribution >= 4 is 0 Å². The predicted molar refractivity (Wildman–Crippen MR) is 59.7 cm³/mol. The minimum absolute atomic E-state index is 1.00. The molecule has 0 aromatic carbocycles. The van der Waals surface area contributed by atoms with Crippen LogP contribution in [0.15, 0.2) is 12.3 Å². The maximum absolute atomic E-state index is 7.00. The molecule has 0 fully saturated rings. The molecule has 2 nitrogen and oxygen atoms in total. The van der Waals surface area contributed by atoms with Gasteiger partial charge in [0.05, 0.1) is 0 Å². The van der Waals surface area contributed by atoms with E-state index in [1.807, 2.05) is 0 Å². The van der Waals surface area contributed by atoms with Crippen LogP contribution in [-0.4, -0.2) is 18.8 Å². The summed E-state index contributed by atoms with van der Waals surface area (Å²) in [5.74, 6) is 0. The molecule has 0 heterocycles. The average Bonchev–Trinajstić information content (AvgIpc) is 2.16. The summed E-state index contributed by atoms with van der Waals surface area (Å²) in [6, 6.07) is 0. The number of aliphatic hydroxyl groups is 1. The molecule has 0 aliphatic rings. The summed E-state index contributed by atoms with van der Waals surface area (Å²) in [6.45, 7) is 9.44. The van der Waals surface area contributed by atoms with Crippen LogP contribution in [0.25, 0.3) is 0 Å². The maximum atomic E-state index is 7.00. The molecule has 0 bridgehead atoms. The van der Waals surface area contributed by atoms with Gasteiger partial charge in [0.15, 0.2) is 0 Å². The molecule has 0 rings (SSSR count). The second kappa shape index (κ2) is 14.0. The number of aliphatic hydroxyl groups excluding tert-OH is 1. The second-order valence-electron chi connectivity index (χ2n) is 2.99. The molecule has 0 saturated carbocycles. The Balaban J connectivity index is 0. The van der Waals surface area contributed by atoms with Crippen molar-refractivity contribution in [2.75, 3.05) is 13.7 Å². The summed E-state index contributed by atoms with van der Waals surface area (Å²) >= 11 is 0. The first-order valence-electron chi connectivity index (χ1n) is 5.17. The summed E-state index contributed by atoms with van der Waals surface area (Å²) in [6.07, 6.45) is 6.21. The van der Waals surface area contributed by atoms with E-state index in [2.05, 4.69) is 25.7 Å². The fourth-order valence-electron chi connectivity index (χ4n) is 1.03. The molecule has 0 aromatic rings. The van der Waals surface area contributed by atoms with Crippen molar-refractivity contribution in [3.63, 3.8) is 0 Å². The van der Waals surface area contributed by atoms with Gasteiger partial charge in [-0.2, -0.15) is 0 Å². The number of allylic oxidation sites excluding steroid dienone is 1. The quantitative estimate of drug-likeness (QED) is 0.601. The molecular weight excluding hydrogens is 162 g/mol. The largest absolute Gasteiger partial charge is 0.400 e. The van der Waals surface area contributed by atoms with Gasteiger partial charge in [-0.05, 0) is 12.8 Å². The predicted octanol–water partition coefficient (Wildman–Crippen LogP) is 2.69. The van der Waals surface area contributed by atoms with E-state index in [0.29, 0.717) is 0 Å². The Kier molecular flexibility index (Phi) is 16.2. The zero-order valence-electron chi connectivity index (χ0n) is 9.40. The van der Waals surface area contributed by atoms with Gasteiger partial charge in [-0.25, -0.2) is 0 Å². The summed E-state index contributed by atoms with van der Waals surface area (Å²) in [4.78, 5) is 0. The molecule has 0 radical (unpaired) electrons. The van der Waals surface area contributed by atoms with Gasteiger partial charge in [0.2, 0.25) is 0 Å². The van der Waals surface area contributed by atoms with Gasteiger partial charge >= 0.3 is 0 Å². The van der Waals surface area contributed by atoms with Gasteiger partial charge in [-0.15, -0.1) is 0 Å². The number of hydrogen-bond donors (Lipinski definition) is 2. The lowest BCUT2D eigenvalue weighted by molar-refractivity contribution is 0.399. The molecule has 0 saturated heterocycles. The number of unbranched alkanes of at least 4 members (excludes halogenated alkanes) is 2. The van der Waals surface area contributed by atoms with Crippen LogP contribution in [0.4, 0.5) is 0 Å². The van der Waals surface area contributed by atoms with E-state index in [9.17, 15) is 0 Å². The van der Waals surface area contributed by atoms with E-state index in [0.717, 1.165) is 20.1 Å². The van der Waals surface area contributed by atoms with Crippen LogP contribution < -0.4 is 5.32 Å². The third-order valence-electron chi connectivity index (χ3n) is 1.71. The molecule has 0 aromatic heterocycles. The Labute approximate surface area is 83.0 Å². The maximum Gasteiger partial charge on any atom is 0.0319 e. The molecule has 80 valence electrons. The first-order valence-corrected chi connectivity index (χ1v) is 5.17. The highest BCUT2D eigenvalue weighted by molar-refractivity contribution is 4.89. The average molecular weight is 187 g/mol. The Hall–Kier alpha value is -0.500. The van der Waals surface area contributed by atoms with Crippen molar-refractivity contribution in [3.05, 3.63) is 12.3 Å². The fraction of sp³-hybridized carbons (Fsp3) is 0.818. The van der Waals surface area contributed by atoms with Crippen molar-refractivity contribution in [2.24, 2.45) is 0 Å². The third kappa shape index (κ3) is 14.4. The topological polar surface area (TPSA) is 32.3 Å². The minimum Gasteiger partial charge on any atom is -0.400 e. The van der Waals surface area contributed by atoms with E-state index in [-0.39, 0.29) is 0 Å². The smallest absolute Gasteiger partial charge is 0.0319 e. The summed E-state index contributed by atoms with van der Waals surface area (Å²) in [5, 5.41) is 10.3. The van der Waals surface area contributed by atoms with Crippen LogP contribution in [0.1, 0.15) is 46.0 Å². The molecule has 0 aliphatic carbocycles. The SMILES string of the molecule is C=C(CCC)NCCCCC.CO. The molecule has 0 amide bonds. The lowest BCUT2D eigenvalue weighted by Gasteiger charge is -2.06. The van der Waals surface area contributed by atoms with Crippen LogP contribution in [-0.2, 0) is 0 Å². The zero-order chi connectivity index (χ0) is 10.5. The van der Waals surface area contributed by atoms with Gasteiger partial charge in [-0.3, -0.25) is 0 Å². The van der Waals surface area contributed by atoms with Crippen LogP contribution >= 0.6 is 0 Å². The van der Waals surface area contributed by atoms with Crippen molar-refractivity contribution in [1.82, 2.24) is 5.32 Å². The third-order valence-corrected chi connectivity index (χ3v) is 1.71. The van der Waals surface area contributed by atoms with E-state index in [4.69, 9.17) is 5.11 Å². The molecule has 0 aliphatic heterocycles. The molecule has 0 atom stereocenters. The molecular formula is C11H25NO. The second-order valence-corrected chi connectivity index (χ2v) is 2.99. The standard InChI is InChI=1S/C10H21N.CH4O/c1-4-6-7-9-11-10(3)8-5-2;1-2/h11H,3-9H2,1-2H3;2H,1H3. The van der Waals surface area contributed by atoms with Gasteiger partial charge in [0.25, 0.3) is 0 Å². The summed E-state index contributed by atoms with van der Waals surface area (Å²) in [7, 11) is 1.00. The van der Waals surface area contributed by atoms with Crippen molar-refractivity contribution in [3.8, 4) is 0 Å². The number of hydrogen-bond acceptors (Lipinski definition) is 2. The van der Waals surface area contributed by atoms with Gasteiger partial charge < -0.3 is 10.4 Å². The lowest BCUT2D eigenvalue weighted by atomic mass is 10.2. The van der Waals surface area contributed by atoms with E-state index in [1.165, 1.54) is 31.4 Å². The van der Waals surface area contributed by atoms with Gasteiger partial charge in [0, 0.05) is 19.4 Å². The van der Waals surface area contributed by atoms with Crippen molar-refractivity contribution < 1.29 is 5.11 Å². The zero-order valence-corrected chi connectivity index (χ0v) is 9.40. The Bertz CT molecular complexity index is 102. The number of nitrogens with one attached hydrogen (secondary N) is 1. The van der Waals surface area contributed by atoms with Gasteiger partial charge in [0.1, 0.15) is 0 Å². The van der Waals surface area contributed by atoms with Gasteiger partial charge in [-0.1, -0.05) is 39.7 Å². The lowest BCUT2D eigenvalue weighted by Crippen LogP contribution is -2.13. The summed E-state index contributed by atoms with van der Waals surface area (Å²) < 4.78 is 0. The Morgan fingerprint density at radius 3 is 2.23 bits per heavy atom. The van der Waals surface area contributed by atoms with Crippen LogP contribution in [0.3, 0.4) is 0 Å².